The highest BCUT2D eigenvalue weighted by Gasteiger charge is 2.04. The van der Waals surface area contributed by atoms with Crippen LogP contribution in [0, 0.1) is 11.6 Å². The van der Waals surface area contributed by atoms with Crippen LogP contribution in [-0.4, -0.2) is 6.54 Å². The molecule has 0 unspecified atom stereocenters. The monoisotopic (exact) mass is 315 g/mol. The zero-order valence-corrected chi connectivity index (χ0v) is 12.1. The third-order valence-electron chi connectivity index (χ3n) is 2.91. The first kappa shape index (κ1) is 15.2. The molecule has 0 saturated carbocycles. The number of rotatable bonds is 5. The molecule has 106 valence electrons. The highest BCUT2D eigenvalue weighted by atomic mass is 35.5. The summed E-state index contributed by atoms with van der Waals surface area (Å²) in [7, 11) is 0. The Labute approximate surface area is 126 Å². The molecule has 0 spiro atoms. The highest BCUT2D eigenvalue weighted by molar-refractivity contribution is 6.35. The summed E-state index contributed by atoms with van der Waals surface area (Å²) in [4.78, 5) is 0. The van der Waals surface area contributed by atoms with Gasteiger partial charge in [-0.2, -0.15) is 0 Å². The van der Waals surface area contributed by atoms with Crippen LogP contribution < -0.4 is 5.32 Å². The van der Waals surface area contributed by atoms with Crippen molar-refractivity contribution in [3.05, 3.63) is 69.2 Å². The van der Waals surface area contributed by atoms with Crippen molar-refractivity contribution in [1.29, 1.82) is 0 Å². The van der Waals surface area contributed by atoms with Crippen molar-refractivity contribution in [1.82, 2.24) is 5.32 Å². The quantitative estimate of drug-likeness (QED) is 0.795. The van der Waals surface area contributed by atoms with Crippen LogP contribution in [0.5, 0.6) is 0 Å². The summed E-state index contributed by atoms with van der Waals surface area (Å²) in [5, 5.41) is 4.26. The summed E-state index contributed by atoms with van der Waals surface area (Å²) in [5.41, 5.74) is 1.27. The molecule has 5 heteroatoms. The molecule has 1 N–H and O–H groups in total. The van der Waals surface area contributed by atoms with E-state index in [1.54, 1.807) is 12.1 Å². The van der Waals surface area contributed by atoms with E-state index in [1.807, 2.05) is 6.07 Å². The van der Waals surface area contributed by atoms with Gasteiger partial charge in [-0.1, -0.05) is 29.3 Å². The van der Waals surface area contributed by atoms with E-state index in [0.29, 0.717) is 28.6 Å². The Hall–Kier alpha value is -1.16. The molecular weight excluding hydrogens is 303 g/mol. The molecule has 2 rings (SSSR count). The van der Waals surface area contributed by atoms with Gasteiger partial charge in [0.1, 0.15) is 11.6 Å². The van der Waals surface area contributed by atoms with Gasteiger partial charge in [-0.05, 0) is 48.9 Å². The predicted octanol–water partition coefficient (Wildman–Crippen LogP) is 4.60. The minimum absolute atomic E-state index is 0.273. The molecule has 1 nitrogen and oxygen atoms in total. The van der Waals surface area contributed by atoms with Crippen molar-refractivity contribution in [3.8, 4) is 0 Å². The molecule has 0 fully saturated rings. The van der Waals surface area contributed by atoms with Gasteiger partial charge in [0.05, 0.1) is 0 Å². The summed E-state index contributed by atoms with van der Waals surface area (Å²) in [6, 6.07) is 8.74. The van der Waals surface area contributed by atoms with Crippen molar-refractivity contribution >= 4 is 23.2 Å². The van der Waals surface area contributed by atoms with E-state index in [2.05, 4.69) is 5.32 Å². The van der Waals surface area contributed by atoms with Gasteiger partial charge in [0.25, 0.3) is 0 Å². The molecule has 0 heterocycles. The molecule has 0 amide bonds. The smallest absolute Gasteiger partial charge is 0.127 e. The zero-order chi connectivity index (χ0) is 14.5. The Morgan fingerprint density at radius 3 is 2.50 bits per heavy atom. The van der Waals surface area contributed by atoms with Gasteiger partial charge in [0.2, 0.25) is 0 Å². The normalized spacial score (nSPS) is 10.8. The summed E-state index contributed by atoms with van der Waals surface area (Å²) in [5.74, 6) is -0.854. The van der Waals surface area contributed by atoms with Crippen LogP contribution in [0.1, 0.15) is 11.1 Å². The number of halogens is 4. The molecule has 0 aromatic heterocycles. The first-order valence-corrected chi connectivity index (χ1v) is 6.90. The third-order valence-corrected chi connectivity index (χ3v) is 3.50. The molecular formula is C15H13Cl2F2N. The molecule has 0 aliphatic rings. The summed E-state index contributed by atoms with van der Waals surface area (Å²) >= 11 is 11.9. The van der Waals surface area contributed by atoms with Crippen LogP contribution in [0.2, 0.25) is 10.0 Å². The Morgan fingerprint density at radius 2 is 1.75 bits per heavy atom. The Bertz CT molecular complexity index is 602. The largest absolute Gasteiger partial charge is 0.312 e. The standard InChI is InChI=1S/C15H13Cl2F2N/c16-12-2-1-10(14(17)8-12)5-6-20-9-11-7-13(18)3-4-15(11)19/h1-4,7-8,20H,5-6,9H2. The van der Waals surface area contributed by atoms with Gasteiger partial charge in [-0.15, -0.1) is 0 Å². The third kappa shape index (κ3) is 4.17. The molecule has 0 bridgehead atoms. The molecule has 2 aromatic rings. The molecule has 0 aliphatic carbocycles. The summed E-state index contributed by atoms with van der Waals surface area (Å²) in [6.45, 7) is 0.881. The van der Waals surface area contributed by atoms with E-state index in [9.17, 15) is 8.78 Å². The Kier molecular flexibility index (Phi) is 5.35. The van der Waals surface area contributed by atoms with Crippen LogP contribution in [0.4, 0.5) is 8.78 Å². The molecule has 0 atom stereocenters. The minimum Gasteiger partial charge on any atom is -0.312 e. The van der Waals surface area contributed by atoms with E-state index in [-0.39, 0.29) is 6.54 Å². The maximum absolute atomic E-state index is 13.4. The van der Waals surface area contributed by atoms with Crippen LogP contribution in [-0.2, 0) is 13.0 Å². The second kappa shape index (κ2) is 7.02. The number of hydrogen-bond donors (Lipinski definition) is 1. The van der Waals surface area contributed by atoms with Gasteiger partial charge in [0, 0.05) is 22.2 Å². The van der Waals surface area contributed by atoms with Gasteiger partial charge >= 0.3 is 0 Å². The lowest BCUT2D eigenvalue weighted by atomic mass is 10.1. The molecule has 2 aromatic carbocycles. The van der Waals surface area contributed by atoms with Crippen molar-refractivity contribution in [2.24, 2.45) is 0 Å². The zero-order valence-electron chi connectivity index (χ0n) is 10.6. The molecule has 0 radical (unpaired) electrons. The molecule has 0 aliphatic heterocycles. The van der Waals surface area contributed by atoms with Crippen molar-refractivity contribution in [2.45, 2.75) is 13.0 Å². The average Bonchev–Trinajstić information content (AvgIpc) is 2.40. The fourth-order valence-corrected chi connectivity index (χ4v) is 2.35. The number of benzene rings is 2. The van der Waals surface area contributed by atoms with Gasteiger partial charge < -0.3 is 5.32 Å². The minimum atomic E-state index is -0.441. The lowest BCUT2D eigenvalue weighted by Crippen LogP contribution is -2.17. The van der Waals surface area contributed by atoms with E-state index in [4.69, 9.17) is 23.2 Å². The van der Waals surface area contributed by atoms with Crippen molar-refractivity contribution < 1.29 is 8.78 Å². The predicted molar refractivity (Wildman–Crippen MR) is 78.2 cm³/mol. The SMILES string of the molecule is Fc1ccc(F)c(CNCCc2ccc(Cl)cc2Cl)c1. The topological polar surface area (TPSA) is 12.0 Å². The van der Waals surface area contributed by atoms with E-state index < -0.39 is 11.6 Å². The fourth-order valence-electron chi connectivity index (χ4n) is 1.85. The maximum Gasteiger partial charge on any atom is 0.127 e. The molecule has 0 saturated heterocycles. The van der Waals surface area contributed by atoms with Crippen LogP contribution >= 0.6 is 23.2 Å². The Morgan fingerprint density at radius 1 is 0.950 bits per heavy atom. The second-order valence-corrected chi connectivity index (χ2v) is 5.24. The summed E-state index contributed by atoms with van der Waals surface area (Å²) < 4.78 is 26.4. The molecule has 20 heavy (non-hydrogen) atoms. The fraction of sp³-hybridized carbons (Fsp3) is 0.200. The first-order chi connectivity index (χ1) is 9.56. The number of nitrogens with one attached hydrogen (secondary N) is 1. The van der Waals surface area contributed by atoms with Crippen molar-refractivity contribution in [2.75, 3.05) is 6.54 Å². The lowest BCUT2D eigenvalue weighted by molar-refractivity contribution is 0.569. The van der Waals surface area contributed by atoms with E-state index in [1.165, 1.54) is 6.07 Å². The summed E-state index contributed by atoms with van der Waals surface area (Å²) in [6.07, 6.45) is 0.687. The van der Waals surface area contributed by atoms with Gasteiger partial charge in [-0.3, -0.25) is 0 Å². The Balaban J connectivity index is 1.86. The van der Waals surface area contributed by atoms with Gasteiger partial charge in [-0.25, -0.2) is 8.78 Å². The first-order valence-electron chi connectivity index (χ1n) is 6.15. The van der Waals surface area contributed by atoms with Crippen LogP contribution in [0.15, 0.2) is 36.4 Å². The van der Waals surface area contributed by atoms with Gasteiger partial charge in [0.15, 0.2) is 0 Å². The number of hydrogen-bond acceptors (Lipinski definition) is 1. The van der Waals surface area contributed by atoms with Crippen LogP contribution in [0.3, 0.4) is 0 Å². The highest BCUT2D eigenvalue weighted by Crippen LogP contribution is 2.21. The lowest BCUT2D eigenvalue weighted by Gasteiger charge is -2.08. The maximum atomic E-state index is 13.4. The van der Waals surface area contributed by atoms with Crippen LogP contribution in [0.25, 0.3) is 0 Å². The van der Waals surface area contributed by atoms with E-state index in [0.717, 1.165) is 17.7 Å². The second-order valence-electron chi connectivity index (χ2n) is 4.40. The average molecular weight is 316 g/mol. The van der Waals surface area contributed by atoms with E-state index >= 15 is 0 Å². The van der Waals surface area contributed by atoms with Crippen molar-refractivity contribution in [3.63, 3.8) is 0 Å².